The van der Waals surface area contributed by atoms with Crippen molar-refractivity contribution in [3.05, 3.63) is 22.7 Å². The van der Waals surface area contributed by atoms with Crippen molar-refractivity contribution >= 4 is 33.1 Å². The highest BCUT2D eigenvalue weighted by Gasteiger charge is 2.19. The van der Waals surface area contributed by atoms with E-state index in [1.165, 1.54) is 11.3 Å². The van der Waals surface area contributed by atoms with Crippen molar-refractivity contribution < 1.29 is 4.79 Å². The van der Waals surface area contributed by atoms with Crippen LogP contribution in [0.4, 0.5) is 5.69 Å². The summed E-state index contributed by atoms with van der Waals surface area (Å²) >= 11 is 1.36. The molecule has 0 aliphatic carbocycles. The molecule has 1 amide bonds. The van der Waals surface area contributed by atoms with Crippen molar-refractivity contribution in [1.82, 2.24) is 10.3 Å². The minimum absolute atomic E-state index is 0.0893. The van der Waals surface area contributed by atoms with E-state index < -0.39 is 0 Å². The Labute approximate surface area is 123 Å². The van der Waals surface area contributed by atoms with Gasteiger partial charge >= 0.3 is 0 Å². The van der Waals surface area contributed by atoms with E-state index in [0.29, 0.717) is 10.6 Å². The Hall–Kier alpha value is -1.62. The molecule has 108 valence electrons. The molecule has 0 aliphatic heterocycles. The Morgan fingerprint density at radius 2 is 2.30 bits per heavy atom. The van der Waals surface area contributed by atoms with Crippen LogP contribution in [0, 0.1) is 6.92 Å². The van der Waals surface area contributed by atoms with E-state index in [1.54, 1.807) is 6.20 Å². The average Bonchev–Trinajstić information content (AvgIpc) is 2.75. The third kappa shape index (κ3) is 2.93. The van der Waals surface area contributed by atoms with Gasteiger partial charge in [-0.25, -0.2) is 4.98 Å². The molecule has 1 unspecified atom stereocenters. The van der Waals surface area contributed by atoms with Crippen LogP contribution in [0.25, 0.3) is 10.2 Å². The molecule has 2 rings (SSSR count). The molecule has 0 saturated heterocycles. The number of unbranched alkanes of at least 4 members (excludes halogenated alkanes) is 1. The second kappa shape index (κ2) is 6.22. The quantitative estimate of drug-likeness (QED) is 0.886. The summed E-state index contributed by atoms with van der Waals surface area (Å²) in [5.41, 5.74) is 7.74. The van der Waals surface area contributed by atoms with Crippen molar-refractivity contribution in [2.75, 3.05) is 5.73 Å². The van der Waals surface area contributed by atoms with Gasteiger partial charge < -0.3 is 11.1 Å². The van der Waals surface area contributed by atoms with E-state index in [2.05, 4.69) is 17.2 Å². The van der Waals surface area contributed by atoms with Gasteiger partial charge in [-0.1, -0.05) is 19.8 Å². The lowest BCUT2D eigenvalue weighted by molar-refractivity contribution is 0.0943. The van der Waals surface area contributed by atoms with Crippen LogP contribution < -0.4 is 11.1 Å². The maximum Gasteiger partial charge on any atom is 0.263 e. The van der Waals surface area contributed by atoms with Crippen molar-refractivity contribution in [2.45, 2.75) is 46.1 Å². The first-order chi connectivity index (χ1) is 9.54. The summed E-state index contributed by atoms with van der Waals surface area (Å²) in [6, 6.07) is 2.08. The first-order valence-electron chi connectivity index (χ1n) is 6.99. The zero-order chi connectivity index (χ0) is 14.7. The minimum atomic E-state index is -0.0893. The Balaban J connectivity index is 2.22. The van der Waals surface area contributed by atoms with Crippen LogP contribution in [-0.4, -0.2) is 16.9 Å². The van der Waals surface area contributed by atoms with E-state index in [1.807, 2.05) is 19.9 Å². The van der Waals surface area contributed by atoms with Gasteiger partial charge in [-0.3, -0.25) is 4.79 Å². The van der Waals surface area contributed by atoms with Crippen LogP contribution >= 0.6 is 11.3 Å². The molecule has 1 atom stereocenters. The summed E-state index contributed by atoms with van der Waals surface area (Å²) in [5, 5.41) is 3.92. The lowest BCUT2D eigenvalue weighted by Gasteiger charge is -2.12. The van der Waals surface area contributed by atoms with Gasteiger partial charge in [-0.2, -0.15) is 0 Å². The Morgan fingerprint density at radius 3 is 2.95 bits per heavy atom. The van der Waals surface area contributed by atoms with Gasteiger partial charge in [-0.15, -0.1) is 11.3 Å². The van der Waals surface area contributed by atoms with E-state index in [4.69, 9.17) is 5.73 Å². The van der Waals surface area contributed by atoms with Crippen molar-refractivity contribution in [3.8, 4) is 0 Å². The van der Waals surface area contributed by atoms with Gasteiger partial charge in [-0.05, 0) is 31.9 Å². The number of thiophene rings is 1. The lowest BCUT2D eigenvalue weighted by atomic mass is 10.1. The van der Waals surface area contributed by atoms with Gasteiger partial charge in [0.25, 0.3) is 5.91 Å². The minimum Gasteiger partial charge on any atom is -0.397 e. The molecule has 0 spiro atoms. The maximum absolute atomic E-state index is 12.3. The van der Waals surface area contributed by atoms with Crippen molar-refractivity contribution in [1.29, 1.82) is 0 Å². The number of aryl methyl sites for hydroxylation is 1. The summed E-state index contributed by atoms with van der Waals surface area (Å²) in [7, 11) is 0. The molecule has 0 fully saturated rings. The Morgan fingerprint density at radius 1 is 1.55 bits per heavy atom. The number of carbonyl (C=O) groups is 1. The number of anilines is 1. The predicted molar refractivity (Wildman–Crippen MR) is 85.2 cm³/mol. The van der Waals surface area contributed by atoms with Gasteiger partial charge in [0.1, 0.15) is 9.71 Å². The fourth-order valence-corrected chi connectivity index (χ4v) is 3.29. The zero-order valence-corrected chi connectivity index (χ0v) is 13.0. The number of nitrogens with zero attached hydrogens (tertiary/aromatic N) is 1. The number of rotatable bonds is 5. The number of hydrogen-bond acceptors (Lipinski definition) is 4. The molecule has 5 heteroatoms. The summed E-state index contributed by atoms with van der Waals surface area (Å²) in [6.07, 6.45) is 4.99. The van der Waals surface area contributed by atoms with Crippen molar-refractivity contribution in [3.63, 3.8) is 0 Å². The molecule has 20 heavy (non-hydrogen) atoms. The number of nitrogens with two attached hydrogens (primary N) is 1. The smallest absolute Gasteiger partial charge is 0.263 e. The zero-order valence-electron chi connectivity index (χ0n) is 12.2. The highest BCUT2D eigenvalue weighted by molar-refractivity contribution is 7.21. The van der Waals surface area contributed by atoms with E-state index in [0.717, 1.165) is 35.0 Å². The molecule has 0 saturated carbocycles. The Kier molecular flexibility index (Phi) is 4.60. The standard InChI is InChI=1S/C15H21N3OS/c1-4-5-6-10(3)18-14(19)13-12(16)11-9(2)7-8-17-15(11)20-13/h7-8,10H,4-6,16H2,1-3H3,(H,18,19). The maximum atomic E-state index is 12.3. The summed E-state index contributed by atoms with van der Waals surface area (Å²) in [4.78, 5) is 18.0. The van der Waals surface area contributed by atoms with E-state index in [9.17, 15) is 4.79 Å². The Bertz CT molecular complexity index is 621. The summed E-state index contributed by atoms with van der Waals surface area (Å²) < 4.78 is 0. The SMILES string of the molecule is CCCCC(C)NC(=O)c1sc2nccc(C)c2c1N. The fourth-order valence-electron chi connectivity index (χ4n) is 2.24. The number of carbonyl (C=O) groups excluding carboxylic acids is 1. The molecule has 4 nitrogen and oxygen atoms in total. The lowest BCUT2D eigenvalue weighted by Crippen LogP contribution is -2.32. The first kappa shape index (κ1) is 14.8. The number of fused-ring (bicyclic) bond motifs is 1. The van der Waals surface area contributed by atoms with Crippen LogP contribution in [0.5, 0.6) is 0 Å². The molecule has 0 aromatic carbocycles. The molecule has 2 aromatic heterocycles. The average molecular weight is 291 g/mol. The third-order valence-corrected chi connectivity index (χ3v) is 4.52. The molecule has 2 heterocycles. The topological polar surface area (TPSA) is 68.0 Å². The van der Waals surface area contributed by atoms with E-state index in [-0.39, 0.29) is 11.9 Å². The predicted octanol–water partition coefficient (Wildman–Crippen LogP) is 3.50. The van der Waals surface area contributed by atoms with Crippen LogP contribution in [-0.2, 0) is 0 Å². The number of amides is 1. The van der Waals surface area contributed by atoms with E-state index >= 15 is 0 Å². The monoisotopic (exact) mass is 291 g/mol. The van der Waals surface area contributed by atoms with Crippen LogP contribution in [0.3, 0.4) is 0 Å². The largest absolute Gasteiger partial charge is 0.397 e. The third-order valence-electron chi connectivity index (χ3n) is 3.41. The molecular formula is C15H21N3OS. The first-order valence-corrected chi connectivity index (χ1v) is 7.80. The van der Waals surface area contributed by atoms with Gasteiger partial charge in [0, 0.05) is 17.6 Å². The normalized spacial score (nSPS) is 12.6. The molecule has 3 N–H and O–H groups in total. The summed E-state index contributed by atoms with van der Waals surface area (Å²) in [5.74, 6) is -0.0893. The number of aromatic nitrogens is 1. The molecule has 2 aromatic rings. The van der Waals surface area contributed by atoms with Gasteiger partial charge in [0.2, 0.25) is 0 Å². The van der Waals surface area contributed by atoms with Crippen LogP contribution in [0.2, 0.25) is 0 Å². The number of hydrogen-bond donors (Lipinski definition) is 2. The molecule has 0 bridgehead atoms. The number of nitrogen functional groups attached to an aromatic ring is 1. The molecular weight excluding hydrogens is 270 g/mol. The number of pyridine rings is 1. The number of nitrogens with one attached hydrogen (secondary N) is 1. The second-order valence-corrected chi connectivity index (χ2v) is 6.17. The molecule has 0 aliphatic rings. The van der Waals surface area contributed by atoms with Crippen LogP contribution in [0.1, 0.15) is 48.3 Å². The van der Waals surface area contributed by atoms with Crippen LogP contribution in [0.15, 0.2) is 12.3 Å². The fraction of sp³-hybridized carbons (Fsp3) is 0.467. The highest BCUT2D eigenvalue weighted by Crippen LogP contribution is 2.34. The van der Waals surface area contributed by atoms with Gasteiger partial charge in [0.05, 0.1) is 5.69 Å². The van der Waals surface area contributed by atoms with Gasteiger partial charge in [0.15, 0.2) is 0 Å². The molecule has 0 radical (unpaired) electrons. The summed E-state index contributed by atoms with van der Waals surface area (Å²) in [6.45, 7) is 6.16. The van der Waals surface area contributed by atoms with Crippen molar-refractivity contribution in [2.24, 2.45) is 0 Å². The second-order valence-electron chi connectivity index (χ2n) is 5.17. The highest BCUT2D eigenvalue weighted by atomic mass is 32.1.